The van der Waals surface area contributed by atoms with Crippen LogP contribution < -0.4 is 10.1 Å². The van der Waals surface area contributed by atoms with Gasteiger partial charge in [-0.3, -0.25) is 4.98 Å². The first-order valence-corrected chi connectivity index (χ1v) is 12.8. The molecule has 2 unspecified atom stereocenters. The molecule has 4 rings (SSSR count). The number of benzene rings is 1. The minimum atomic E-state index is -0.521. The summed E-state index contributed by atoms with van der Waals surface area (Å²) in [5.74, 6) is 0.867. The Morgan fingerprint density at radius 3 is 2.64 bits per heavy atom. The summed E-state index contributed by atoms with van der Waals surface area (Å²) in [5, 5.41) is 8.57. The molecule has 0 saturated carbocycles. The molecule has 8 heteroatoms. The fourth-order valence-electron chi connectivity index (χ4n) is 4.26. The predicted molar refractivity (Wildman–Crippen MR) is 140 cm³/mol. The maximum atomic E-state index is 12.0. The lowest BCUT2D eigenvalue weighted by atomic mass is 10.0. The monoisotopic (exact) mass is 494 g/mol. The van der Waals surface area contributed by atoms with Gasteiger partial charge in [0.2, 0.25) is 0 Å². The molecular weight excluding hydrogens is 456 g/mol. The molecule has 2 aromatic heterocycles. The number of nitrogens with zero attached hydrogens (tertiary/aromatic N) is 3. The Hall–Kier alpha value is -3.13. The molecule has 3 heterocycles. The predicted octanol–water partition coefficient (Wildman–Crippen LogP) is 6.21. The normalized spacial score (nSPS) is 17.2. The van der Waals surface area contributed by atoms with E-state index < -0.39 is 11.7 Å². The van der Waals surface area contributed by atoms with E-state index in [1.807, 2.05) is 76.0 Å². The van der Waals surface area contributed by atoms with Crippen molar-refractivity contribution in [2.75, 3.05) is 13.2 Å². The maximum Gasteiger partial charge on any atom is 0.407 e. The molecular formula is C28H38N4O4. The van der Waals surface area contributed by atoms with Crippen LogP contribution in [0.5, 0.6) is 5.75 Å². The topological polar surface area (TPSA) is 87.5 Å². The van der Waals surface area contributed by atoms with E-state index in [1.165, 1.54) is 0 Å². The fraction of sp³-hybridized carbons (Fsp3) is 0.536. The number of aromatic nitrogens is 3. The Kier molecular flexibility index (Phi) is 7.83. The number of carbonyl (C=O) groups is 1. The second-order valence-corrected chi connectivity index (χ2v) is 10.7. The van der Waals surface area contributed by atoms with Crippen LogP contribution in [-0.2, 0) is 9.47 Å². The van der Waals surface area contributed by atoms with Crippen molar-refractivity contribution >= 4 is 17.0 Å². The van der Waals surface area contributed by atoms with Crippen LogP contribution in [0.25, 0.3) is 22.2 Å². The number of nitrogens with one attached hydrogen (secondary N) is 1. The van der Waals surface area contributed by atoms with Crippen LogP contribution in [0.4, 0.5) is 4.79 Å². The summed E-state index contributed by atoms with van der Waals surface area (Å²) in [6.45, 7) is 12.9. The van der Waals surface area contributed by atoms with Crippen molar-refractivity contribution < 1.29 is 19.0 Å². The molecule has 2 atom stereocenters. The quantitative estimate of drug-likeness (QED) is 0.420. The molecule has 194 valence electrons. The molecule has 0 bridgehead atoms. The van der Waals surface area contributed by atoms with E-state index in [9.17, 15) is 4.79 Å². The third kappa shape index (κ3) is 6.35. The highest BCUT2D eigenvalue weighted by Crippen LogP contribution is 2.38. The number of fused-ring (bicyclic) bond motifs is 1. The van der Waals surface area contributed by atoms with Gasteiger partial charge in [-0.25, -0.2) is 9.48 Å². The molecule has 1 amide bonds. The van der Waals surface area contributed by atoms with Crippen molar-refractivity contribution in [1.29, 1.82) is 0 Å². The van der Waals surface area contributed by atoms with E-state index in [0.29, 0.717) is 6.54 Å². The number of amides is 1. The molecule has 0 radical (unpaired) electrons. The first kappa shape index (κ1) is 25.9. The Balaban J connectivity index is 1.56. The fourth-order valence-corrected chi connectivity index (χ4v) is 4.26. The number of rotatable bonds is 7. The minimum absolute atomic E-state index is 0.00172. The van der Waals surface area contributed by atoms with Crippen LogP contribution in [0.15, 0.2) is 36.7 Å². The Bertz CT molecular complexity index is 1170. The lowest BCUT2D eigenvalue weighted by Gasteiger charge is -2.22. The molecule has 8 nitrogen and oxygen atoms in total. The van der Waals surface area contributed by atoms with Crippen LogP contribution in [0, 0.1) is 0 Å². The van der Waals surface area contributed by atoms with E-state index in [0.717, 1.165) is 59.3 Å². The number of hydrogen-bond acceptors (Lipinski definition) is 6. The zero-order valence-electron chi connectivity index (χ0n) is 22.2. The zero-order valence-corrected chi connectivity index (χ0v) is 22.2. The third-order valence-corrected chi connectivity index (χ3v) is 6.04. The van der Waals surface area contributed by atoms with Crippen molar-refractivity contribution in [3.8, 4) is 17.0 Å². The summed E-state index contributed by atoms with van der Waals surface area (Å²) in [5.41, 5.74) is 3.14. The molecule has 36 heavy (non-hydrogen) atoms. The largest absolute Gasteiger partial charge is 0.490 e. The van der Waals surface area contributed by atoms with Crippen molar-refractivity contribution in [2.24, 2.45) is 0 Å². The Morgan fingerprint density at radius 1 is 1.19 bits per heavy atom. The molecule has 1 saturated heterocycles. The van der Waals surface area contributed by atoms with Gasteiger partial charge in [-0.05, 0) is 77.6 Å². The van der Waals surface area contributed by atoms with Crippen LogP contribution in [0.3, 0.4) is 0 Å². The molecule has 1 aliphatic heterocycles. The highest BCUT2D eigenvalue weighted by molar-refractivity contribution is 5.92. The van der Waals surface area contributed by atoms with E-state index in [-0.39, 0.29) is 18.2 Å². The molecule has 1 fully saturated rings. The third-order valence-electron chi connectivity index (χ3n) is 6.04. The van der Waals surface area contributed by atoms with Gasteiger partial charge in [-0.15, -0.1) is 0 Å². The van der Waals surface area contributed by atoms with Gasteiger partial charge in [0.25, 0.3) is 0 Å². The highest BCUT2D eigenvalue weighted by atomic mass is 16.6. The van der Waals surface area contributed by atoms with Crippen LogP contribution in [0.1, 0.15) is 78.5 Å². The number of hydrogen-bond donors (Lipinski definition) is 1. The molecule has 3 aromatic rings. The summed E-state index contributed by atoms with van der Waals surface area (Å²) in [4.78, 5) is 16.7. The van der Waals surface area contributed by atoms with E-state index in [1.54, 1.807) is 0 Å². The number of alkyl carbamates (subject to hydrolysis) is 1. The zero-order chi connectivity index (χ0) is 25.9. The average Bonchev–Trinajstić information content (AvgIpc) is 3.27. The SMILES string of the molecule is CC(C)Oc1c(-c2ccc(C(C)CNC(=O)OC(C)(C)C)cn2)ccc2nn(C3CCCCO3)cc12. The van der Waals surface area contributed by atoms with Gasteiger partial charge in [0.1, 0.15) is 17.6 Å². The number of pyridine rings is 1. The summed E-state index contributed by atoms with van der Waals surface area (Å²) >= 11 is 0. The van der Waals surface area contributed by atoms with E-state index in [2.05, 4.69) is 12.2 Å². The first-order valence-electron chi connectivity index (χ1n) is 12.8. The molecule has 1 aliphatic rings. The van der Waals surface area contributed by atoms with E-state index in [4.69, 9.17) is 24.3 Å². The second-order valence-electron chi connectivity index (χ2n) is 10.7. The van der Waals surface area contributed by atoms with Gasteiger partial charge in [0, 0.05) is 37.0 Å². The second kappa shape index (κ2) is 10.9. The highest BCUT2D eigenvalue weighted by Gasteiger charge is 2.21. The van der Waals surface area contributed by atoms with Gasteiger partial charge >= 0.3 is 6.09 Å². The summed E-state index contributed by atoms with van der Waals surface area (Å²) in [6, 6.07) is 8.09. The molecule has 1 aromatic carbocycles. The van der Waals surface area contributed by atoms with Crippen molar-refractivity contribution in [3.63, 3.8) is 0 Å². The maximum absolute atomic E-state index is 12.0. The van der Waals surface area contributed by atoms with Gasteiger partial charge < -0.3 is 19.5 Å². The lowest BCUT2D eigenvalue weighted by Crippen LogP contribution is -2.34. The van der Waals surface area contributed by atoms with Crippen molar-refractivity contribution in [3.05, 3.63) is 42.2 Å². The Labute approximate surface area is 213 Å². The smallest absolute Gasteiger partial charge is 0.407 e. The van der Waals surface area contributed by atoms with Crippen LogP contribution in [-0.4, -0.2) is 45.7 Å². The van der Waals surface area contributed by atoms with Crippen molar-refractivity contribution in [1.82, 2.24) is 20.1 Å². The number of ether oxygens (including phenoxy) is 3. The van der Waals surface area contributed by atoms with Gasteiger partial charge in [-0.1, -0.05) is 13.0 Å². The average molecular weight is 495 g/mol. The van der Waals surface area contributed by atoms with Gasteiger partial charge in [0.15, 0.2) is 0 Å². The summed E-state index contributed by atoms with van der Waals surface area (Å²) < 4.78 is 19.5. The van der Waals surface area contributed by atoms with Gasteiger partial charge in [0.05, 0.1) is 22.7 Å². The molecule has 0 spiro atoms. The summed E-state index contributed by atoms with van der Waals surface area (Å²) in [6.07, 6.45) is 6.65. The minimum Gasteiger partial charge on any atom is -0.490 e. The first-order chi connectivity index (χ1) is 17.1. The van der Waals surface area contributed by atoms with Crippen LogP contribution >= 0.6 is 0 Å². The van der Waals surface area contributed by atoms with E-state index >= 15 is 0 Å². The van der Waals surface area contributed by atoms with Crippen LogP contribution in [0.2, 0.25) is 0 Å². The molecule has 1 N–H and O–H groups in total. The standard InChI is InChI=1S/C28H38N4O4/c1-18(2)35-26-21(11-13-24-22(26)17-32(31-24)25-9-7-8-14-34-25)23-12-10-20(16-29-23)19(3)15-30-27(33)36-28(4,5)6/h10-13,16-19,25H,7-9,14-15H2,1-6H3,(H,30,33). The van der Waals surface area contributed by atoms with Crippen molar-refractivity contribution in [2.45, 2.75) is 84.7 Å². The lowest BCUT2D eigenvalue weighted by molar-refractivity contribution is -0.0390. The number of carbonyl (C=O) groups excluding carboxylic acids is 1. The van der Waals surface area contributed by atoms with Gasteiger partial charge in [-0.2, -0.15) is 5.10 Å². The Morgan fingerprint density at radius 2 is 2.00 bits per heavy atom. The summed E-state index contributed by atoms with van der Waals surface area (Å²) in [7, 11) is 0. The molecule has 0 aliphatic carbocycles.